The molecular formula is C15H21N3O2. The summed E-state index contributed by atoms with van der Waals surface area (Å²) < 4.78 is 7.04. The molecule has 5 heteroatoms. The predicted octanol–water partition coefficient (Wildman–Crippen LogP) is 2.33. The van der Waals surface area contributed by atoms with Gasteiger partial charge in [0.2, 0.25) is 0 Å². The summed E-state index contributed by atoms with van der Waals surface area (Å²) >= 11 is 0. The Labute approximate surface area is 119 Å². The monoisotopic (exact) mass is 275 g/mol. The second-order valence-electron chi connectivity index (χ2n) is 5.06. The van der Waals surface area contributed by atoms with Crippen LogP contribution in [0, 0.1) is 0 Å². The zero-order chi connectivity index (χ0) is 14.7. The highest BCUT2D eigenvalue weighted by Crippen LogP contribution is 2.30. The van der Waals surface area contributed by atoms with Crippen LogP contribution in [0.3, 0.4) is 0 Å². The average molecular weight is 275 g/mol. The van der Waals surface area contributed by atoms with Gasteiger partial charge in [-0.2, -0.15) is 5.10 Å². The minimum absolute atomic E-state index is 0.308. The Morgan fingerprint density at radius 3 is 2.70 bits per heavy atom. The Morgan fingerprint density at radius 1 is 1.35 bits per heavy atom. The zero-order valence-electron chi connectivity index (χ0n) is 12.1. The number of anilines is 1. The molecule has 0 spiro atoms. The van der Waals surface area contributed by atoms with Crippen LogP contribution in [-0.4, -0.2) is 22.0 Å². The standard InChI is InChI=1S/C15H21N3O2/c1-10(2)18-8-7-11(17-18)9-13(19)12-5-4-6-14(20-3)15(12)16/h4-8,10,13,19H,9,16H2,1-3H3. The van der Waals surface area contributed by atoms with Crippen LogP contribution in [0.25, 0.3) is 0 Å². The van der Waals surface area contributed by atoms with Crippen molar-refractivity contribution < 1.29 is 9.84 Å². The number of hydrogen-bond donors (Lipinski definition) is 2. The summed E-state index contributed by atoms with van der Waals surface area (Å²) in [6, 6.07) is 7.63. The minimum atomic E-state index is -0.694. The average Bonchev–Trinajstić information content (AvgIpc) is 2.87. The van der Waals surface area contributed by atoms with Gasteiger partial charge in [-0.05, 0) is 26.0 Å². The molecule has 0 saturated heterocycles. The lowest BCUT2D eigenvalue weighted by Gasteiger charge is -2.14. The number of hydrogen-bond acceptors (Lipinski definition) is 4. The maximum absolute atomic E-state index is 10.3. The van der Waals surface area contributed by atoms with Crippen molar-refractivity contribution >= 4 is 5.69 Å². The van der Waals surface area contributed by atoms with E-state index in [4.69, 9.17) is 10.5 Å². The first kappa shape index (κ1) is 14.4. The van der Waals surface area contributed by atoms with Crippen LogP contribution in [-0.2, 0) is 6.42 Å². The Balaban J connectivity index is 2.17. The van der Waals surface area contributed by atoms with Crippen molar-refractivity contribution in [2.45, 2.75) is 32.4 Å². The molecule has 0 saturated carbocycles. The number of aliphatic hydroxyl groups excluding tert-OH is 1. The molecule has 2 rings (SSSR count). The Hall–Kier alpha value is -2.01. The van der Waals surface area contributed by atoms with Gasteiger partial charge >= 0.3 is 0 Å². The lowest BCUT2D eigenvalue weighted by atomic mass is 10.0. The maximum atomic E-state index is 10.3. The van der Waals surface area contributed by atoms with Crippen LogP contribution >= 0.6 is 0 Å². The normalized spacial score (nSPS) is 12.7. The third kappa shape index (κ3) is 2.93. The van der Waals surface area contributed by atoms with E-state index in [0.717, 1.165) is 5.69 Å². The molecule has 108 valence electrons. The first-order chi connectivity index (χ1) is 9.52. The highest BCUT2D eigenvalue weighted by atomic mass is 16.5. The van der Waals surface area contributed by atoms with E-state index in [9.17, 15) is 5.11 Å². The van der Waals surface area contributed by atoms with E-state index >= 15 is 0 Å². The van der Waals surface area contributed by atoms with E-state index in [0.29, 0.717) is 29.5 Å². The number of aliphatic hydroxyl groups is 1. The van der Waals surface area contributed by atoms with Gasteiger partial charge in [0, 0.05) is 24.2 Å². The molecule has 1 atom stereocenters. The number of benzene rings is 1. The number of nitrogens with zero attached hydrogens (tertiary/aromatic N) is 2. The Kier molecular flexibility index (Phi) is 4.29. The molecule has 0 aliphatic rings. The molecule has 20 heavy (non-hydrogen) atoms. The summed E-state index contributed by atoms with van der Waals surface area (Å²) in [4.78, 5) is 0. The second-order valence-corrected chi connectivity index (χ2v) is 5.06. The van der Waals surface area contributed by atoms with E-state index < -0.39 is 6.10 Å². The topological polar surface area (TPSA) is 73.3 Å². The smallest absolute Gasteiger partial charge is 0.142 e. The van der Waals surface area contributed by atoms with Crippen molar-refractivity contribution in [2.75, 3.05) is 12.8 Å². The van der Waals surface area contributed by atoms with Gasteiger partial charge in [-0.15, -0.1) is 0 Å². The SMILES string of the molecule is COc1cccc(C(O)Cc2ccn(C(C)C)n2)c1N. The van der Waals surface area contributed by atoms with Crippen molar-refractivity contribution in [3.63, 3.8) is 0 Å². The molecule has 0 amide bonds. The second kappa shape index (κ2) is 5.96. The lowest BCUT2D eigenvalue weighted by molar-refractivity contribution is 0.177. The van der Waals surface area contributed by atoms with E-state index in [-0.39, 0.29) is 0 Å². The molecule has 5 nitrogen and oxygen atoms in total. The first-order valence-electron chi connectivity index (χ1n) is 6.67. The molecule has 1 unspecified atom stereocenters. The third-order valence-corrected chi connectivity index (χ3v) is 3.27. The van der Waals surface area contributed by atoms with Crippen molar-refractivity contribution in [3.8, 4) is 5.75 Å². The van der Waals surface area contributed by atoms with E-state index in [1.54, 1.807) is 13.2 Å². The maximum Gasteiger partial charge on any atom is 0.142 e. The van der Waals surface area contributed by atoms with Gasteiger partial charge < -0.3 is 15.6 Å². The van der Waals surface area contributed by atoms with Crippen LogP contribution in [0.4, 0.5) is 5.69 Å². The van der Waals surface area contributed by atoms with Crippen LogP contribution < -0.4 is 10.5 Å². The van der Waals surface area contributed by atoms with Gasteiger partial charge in [-0.25, -0.2) is 0 Å². The molecule has 0 aliphatic carbocycles. The largest absolute Gasteiger partial charge is 0.495 e. The molecule has 1 aromatic carbocycles. The molecule has 2 aromatic rings. The number of rotatable bonds is 5. The van der Waals surface area contributed by atoms with Crippen LogP contribution in [0.2, 0.25) is 0 Å². The fourth-order valence-electron chi connectivity index (χ4n) is 2.11. The lowest BCUT2D eigenvalue weighted by Crippen LogP contribution is -2.08. The number of ether oxygens (including phenoxy) is 1. The first-order valence-corrected chi connectivity index (χ1v) is 6.67. The quantitative estimate of drug-likeness (QED) is 0.821. The highest BCUT2D eigenvalue weighted by molar-refractivity contribution is 5.59. The molecule has 0 aliphatic heterocycles. The molecule has 0 radical (unpaired) electrons. The van der Waals surface area contributed by atoms with Gasteiger partial charge in [0.05, 0.1) is 24.6 Å². The third-order valence-electron chi connectivity index (χ3n) is 3.27. The molecule has 0 bridgehead atoms. The van der Waals surface area contributed by atoms with Crippen molar-refractivity contribution in [2.24, 2.45) is 0 Å². The summed E-state index contributed by atoms with van der Waals surface area (Å²) in [6.45, 7) is 4.13. The highest BCUT2D eigenvalue weighted by Gasteiger charge is 2.16. The van der Waals surface area contributed by atoms with Gasteiger partial charge in [0.15, 0.2) is 0 Å². The van der Waals surface area contributed by atoms with E-state index in [1.165, 1.54) is 0 Å². The van der Waals surface area contributed by atoms with Gasteiger partial charge in [0.25, 0.3) is 0 Å². The molecule has 1 heterocycles. The van der Waals surface area contributed by atoms with Gasteiger partial charge in [0.1, 0.15) is 5.75 Å². The summed E-state index contributed by atoms with van der Waals surface area (Å²) in [5.74, 6) is 0.578. The van der Waals surface area contributed by atoms with E-state index in [2.05, 4.69) is 18.9 Å². The van der Waals surface area contributed by atoms with E-state index in [1.807, 2.05) is 29.1 Å². The fourth-order valence-corrected chi connectivity index (χ4v) is 2.11. The van der Waals surface area contributed by atoms with Crippen molar-refractivity contribution in [3.05, 3.63) is 41.7 Å². The van der Waals surface area contributed by atoms with Gasteiger partial charge in [-0.3, -0.25) is 4.68 Å². The molecule has 1 aromatic heterocycles. The Morgan fingerprint density at radius 2 is 2.10 bits per heavy atom. The number of nitrogens with two attached hydrogens (primary N) is 1. The van der Waals surface area contributed by atoms with Crippen LogP contribution in [0.5, 0.6) is 5.75 Å². The zero-order valence-corrected chi connectivity index (χ0v) is 12.1. The minimum Gasteiger partial charge on any atom is -0.495 e. The van der Waals surface area contributed by atoms with Gasteiger partial charge in [-0.1, -0.05) is 12.1 Å². The van der Waals surface area contributed by atoms with Crippen LogP contribution in [0.15, 0.2) is 30.5 Å². The Bertz CT molecular complexity index is 578. The molecule has 0 fully saturated rings. The predicted molar refractivity (Wildman–Crippen MR) is 78.7 cm³/mol. The number of aromatic nitrogens is 2. The molecule has 3 N–H and O–H groups in total. The molecular weight excluding hydrogens is 254 g/mol. The summed E-state index contributed by atoms with van der Waals surface area (Å²) in [7, 11) is 1.56. The number of nitrogen functional groups attached to an aromatic ring is 1. The summed E-state index contributed by atoms with van der Waals surface area (Å²) in [6.07, 6.45) is 1.65. The van der Waals surface area contributed by atoms with Crippen molar-refractivity contribution in [1.29, 1.82) is 0 Å². The summed E-state index contributed by atoms with van der Waals surface area (Å²) in [5, 5.41) is 14.8. The fraction of sp³-hybridized carbons (Fsp3) is 0.400. The summed E-state index contributed by atoms with van der Waals surface area (Å²) in [5.41, 5.74) is 7.98. The van der Waals surface area contributed by atoms with Crippen LogP contribution in [0.1, 0.15) is 37.3 Å². The number of para-hydroxylation sites is 1. The van der Waals surface area contributed by atoms with Crippen molar-refractivity contribution in [1.82, 2.24) is 9.78 Å². The number of methoxy groups -OCH3 is 1.